The van der Waals surface area contributed by atoms with Gasteiger partial charge in [-0.1, -0.05) is 11.2 Å². The molecule has 0 amide bonds. The van der Waals surface area contributed by atoms with Crippen LogP contribution in [-0.4, -0.2) is 103 Å². The van der Waals surface area contributed by atoms with E-state index in [2.05, 4.69) is 41.1 Å². The first-order chi connectivity index (χ1) is 22.7. The predicted molar refractivity (Wildman–Crippen MR) is 174 cm³/mol. The number of nitrogens with two attached hydrogens (primary N) is 1. The molecule has 2 saturated heterocycles. The summed E-state index contributed by atoms with van der Waals surface area (Å²) >= 11 is 0. The van der Waals surface area contributed by atoms with Crippen LogP contribution >= 0.6 is 0 Å². The number of nitriles is 1. The van der Waals surface area contributed by atoms with Gasteiger partial charge in [0.2, 0.25) is 11.8 Å². The van der Waals surface area contributed by atoms with Crippen molar-refractivity contribution in [2.45, 2.75) is 81.1 Å². The number of methoxy groups -OCH3 is 1. The molecule has 12 nitrogen and oxygen atoms in total. The molecule has 4 aliphatic rings. The lowest BCUT2D eigenvalue weighted by Gasteiger charge is -2.45. The van der Waals surface area contributed by atoms with Gasteiger partial charge in [0.1, 0.15) is 24.3 Å². The molecule has 0 bridgehead atoms. The maximum atomic E-state index is 10.2. The lowest BCUT2D eigenvalue weighted by atomic mass is 9.61. The highest BCUT2D eigenvalue weighted by Gasteiger charge is 2.48. The lowest BCUT2D eigenvalue weighted by molar-refractivity contribution is -0.141. The molecule has 47 heavy (non-hydrogen) atoms. The summed E-state index contributed by atoms with van der Waals surface area (Å²) < 4.78 is 30.4. The molecule has 4 heterocycles. The molecular weight excluding hydrogens is 598 g/mol. The molecule has 0 saturated carbocycles. The van der Waals surface area contributed by atoms with Crippen molar-refractivity contribution in [3.63, 3.8) is 0 Å². The molecule has 2 N–H and O–H groups in total. The zero-order valence-electron chi connectivity index (χ0n) is 28.0. The van der Waals surface area contributed by atoms with Crippen LogP contribution in [-0.2, 0) is 27.7 Å². The molecule has 250 valence electrons. The van der Waals surface area contributed by atoms with Crippen LogP contribution in [0, 0.1) is 11.3 Å². The number of aromatic nitrogens is 3. The summed E-state index contributed by atoms with van der Waals surface area (Å²) in [6.45, 7) is 4.49. The quantitative estimate of drug-likeness (QED) is 0.339. The Labute approximate surface area is 276 Å². The minimum Gasteiger partial charge on any atom is -0.475 e. The third-order valence-corrected chi connectivity index (χ3v) is 11.0. The second-order valence-electron chi connectivity index (χ2n) is 14.0. The fourth-order valence-corrected chi connectivity index (χ4v) is 8.12. The Bertz CT molecular complexity index is 1680. The fraction of sp³-hybridized carbons (Fsp3) is 0.600. The lowest BCUT2D eigenvalue weighted by Crippen LogP contribution is -2.63. The molecule has 0 radical (unpaired) electrons. The summed E-state index contributed by atoms with van der Waals surface area (Å²) in [5.41, 5.74) is 10.4. The van der Waals surface area contributed by atoms with Crippen molar-refractivity contribution in [2.75, 3.05) is 60.4 Å². The largest absolute Gasteiger partial charge is 0.475 e. The Kier molecular flexibility index (Phi) is 8.37. The van der Waals surface area contributed by atoms with Crippen molar-refractivity contribution in [3.8, 4) is 29.3 Å². The van der Waals surface area contributed by atoms with E-state index in [0.717, 1.165) is 73.9 Å². The Morgan fingerprint density at radius 2 is 1.94 bits per heavy atom. The van der Waals surface area contributed by atoms with E-state index in [1.165, 1.54) is 0 Å². The number of benzene rings is 1. The number of nitrogens with zero attached hydrogens (tertiary/aromatic N) is 6. The maximum Gasteiger partial charge on any atom is 0.221 e. The normalized spacial score (nSPS) is 25.6. The number of ether oxygens (including phenoxy) is 4. The van der Waals surface area contributed by atoms with Crippen molar-refractivity contribution in [1.82, 2.24) is 24.9 Å². The van der Waals surface area contributed by atoms with Crippen molar-refractivity contribution >= 4 is 5.69 Å². The second-order valence-corrected chi connectivity index (χ2v) is 14.0. The van der Waals surface area contributed by atoms with Crippen molar-refractivity contribution in [1.29, 1.82) is 5.26 Å². The Morgan fingerprint density at radius 1 is 1.17 bits per heavy atom. The van der Waals surface area contributed by atoms with Crippen molar-refractivity contribution in [3.05, 3.63) is 46.2 Å². The number of anilines is 1. The zero-order valence-corrected chi connectivity index (χ0v) is 28.0. The first-order valence-electron chi connectivity index (χ1n) is 16.7. The van der Waals surface area contributed by atoms with Gasteiger partial charge in [-0.2, -0.15) is 15.2 Å². The minimum absolute atomic E-state index is 0.160. The van der Waals surface area contributed by atoms with E-state index in [4.69, 9.17) is 39.2 Å². The number of nitrogen functional groups attached to an aromatic ring is 1. The molecule has 1 spiro atoms. The predicted octanol–water partition coefficient (Wildman–Crippen LogP) is 3.74. The molecule has 2 aliphatic heterocycles. The SMILES string of the molecule is COC1CC(C(C)Oc2cc(OCC3(N(C)C)COC3)nc(-c3noc4c3CCCC43CCCc4ccc(N)c(C#N)c43)n2)N(C)C1. The van der Waals surface area contributed by atoms with Gasteiger partial charge in [0.15, 0.2) is 17.3 Å². The van der Waals surface area contributed by atoms with E-state index in [1.807, 2.05) is 20.2 Å². The number of hydrogen-bond donors (Lipinski definition) is 1. The molecule has 4 atom stereocenters. The topological polar surface area (TPSA) is 145 Å². The second kappa shape index (κ2) is 12.4. The summed E-state index contributed by atoms with van der Waals surface area (Å²) in [6, 6.07) is 8.25. The van der Waals surface area contributed by atoms with E-state index < -0.39 is 5.41 Å². The van der Waals surface area contributed by atoms with Gasteiger partial charge in [-0.15, -0.1) is 0 Å². The van der Waals surface area contributed by atoms with Gasteiger partial charge in [-0.25, -0.2) is 0 Å². The van der Waals surface area contributed by atoms with Gasteiger partial charge < -0.3 is 29.2 Å². The van der Waals surface area contributed by atoms with Crippen LogP contribution in [0.25, 0.3) is 11.5 Å². The summed E-state index contributed by atoms with van der Waals surface area (Å²) in [5, 5.41) is 14.8. The fourth-order valence-electron chi connectivity index (χ4n) is 8.12. The summed E-state index contributed by atoms with van der Waals surface area (Å²) in [6.07, 6.45) is 6.18. The highest BCUT2D eigenvalue weighted by Crippen LogP contribution is 2.53. The van der Waals surface area contributed by atoms with Crippen molar-refractivity contribution in [2.24, 2.45) is 0 Å². The molecule has 2 fully saturated rings. The van der Waals surface area contributed by atoms with E-state index in [0.29, 0.717) is 54.3 Å². The molecule has 2 aromatic heterocycles. The summed E-state index contributed by atoms with van der Waals surface area (Å²) in [5.74, 6) is 2.02. The average molecular weight is 644 g/mol. The number of hydrogen-bond acceptors (Lipinski definition) is 12. The third-order valence-electron chi connectivity index (χ3n) is 11.0. The number of likely N-dealkylation sites (N-methyl/N-ethyl adjacent to an activating group) is 2. The first kappa shape index (κ1) is 31.8. The van der Waals surface area contributed by atoms with Gasteiger partial charge in [-0.05, 0) is 90.2 Å². The standard InChI is InChI=1S/C35H45N7O5/c1-21(27-14-23(43-5)17-42(27)4)46-29-15-28(45-20-34(41(2)3)18-44-19-34)38-33(39-29)31-24-9-7-13-35(32(24)47-40-31)12-6-8-22-10-11-26(37)25(16-36)30(22)35/h10-11,15,21,23,27H,6-9,12-14,17-20,37H2,1-5H3. The summed E-state index contributed by atoms with van der Waals surface area (Å²) in [4.78, 5) is 14.2. The van der Waals surface area contributed by atoms with Crippen LogP contribution in [0.3, 0.4) is 0 Å². The summed E-state index contributed by atoms with van der Waals surface area (Å²) in [7, 11) is 7.92. The van der Waals surface area contributed by atoms with Gasteiger partial charge in [0.05, 0.1) is 36.4 Å². The minimum atomic E-state index is -0.470. The smallest absolute Gasteiger partial charge is 0.221 e. The van der Waals surface area contributed by atoms with Gasteiger partial charge >= 0.3 is 0 Å². The van der Waals surface area contributed by atoms with Crippen LogP contribution in [0.15, 0.2) is 22.7 Å². The van der Waals surface area contributed by atoms with E-state index in [-0.39, 0.29) is 23.8 Å². The molecular formula is C35H45N7O5. The number of rotatable bonds is 9. The Morgan fingerprint density at radius 3 is 2.62 bits per heavy atom. The monoisotopic (exact) mass is 643 g/mol. The van der Waals surface area contributed by atoms with E-state index >= 15 is 0 Å². The van der Waals surface area contributed by atoms with Crippen LogP contribution in [0.2, 0.25) is 0 Å². The maximum absolute atomic E-state index is 10.2. The van der Waals surface area contributed by atoms with Crippen LogP contribution in [0.5, 0.6) is 11.8 Å². The Hall–Kier alpha value is -3.76. The van der Waals surface area contributed by atoms with Gasteiger partial charge in [0, 0.05) is 30.9 Å². The highest BCUT2D eigenvalue weighted by molar-refractivity contribution is 5.67. The molecule has 12 heteroatoms. The zero-order chi connectivity index (χ0) is 32.9. The average Bonchev–Trinajstić information content (AvgIpc) is 3.65. The van der Waals surface area contributed by atoms with Crippen molar-refractivity contribution < 1.29 is 23.5 Å². The van der Waals surface area contributed by atoms with Gasteiger partial charge in [0.25, 0.3) is 0 Å². The molecule has 3 aromatic rings. The highest BCUT2D eigenvalue weighted by atomic mass is 16.5. The molecule has 7 rings (SSSR count). The molecule has 4 unspecified atom stereocenters. The number of likely N-dealkylation sites (tertiary alicyclic amines) is 1. The third kappa shape index (κ3) is 5.43. The Balaban J connectivity index is 1.27. The van der Waals surface area contributed by atoms with Crippen LogP contribution in [0.4, 0.5) is 5.69 Å². The van der Waals surface area contributed by atoms with Gasteiger partial charge in [-0.3, -0.25) is 9.80 Å². The van der Waals surface area contributed by atoms with Crippen LogP contribution < -0.4 is 15.2 Å². The number of aryl methyl sites for hydroxylation is 1. The number of fused-ring (bicyclic) bond motifs is 4. The van der Waals surface area contributed by atoms with E-state index in [1.54, 1.807) is 13.2 Å². The molecule has 2 aliphatic carbocycles. The van der Waals surface area contributed by atoms with Crippen LogP contribution in [0.1, 0.15) is 67.0 Å². The van der Waals surface area contributed by atoms with E-state index in [9.17, 15) is 5.26 Å². The first-order valence-corrected chi connectivity index (χ1v) is 16.7. The molecule has 1 aromatic carbocycles.